The summed E-state index contributed by atoms with van der Waals surface area (Å²) in [6.45, 7) is 2.37. The van der Waals surface area contributed by atoms with E-state index in [4.69, 9.17) is 27.8 Å². The number of aryl methyl sites for hydroxylation is 1. The normalized spacial score (nSPS) is 17.7. The van der Waals surface area contributed by atoms with Crippen molar-refractivity contribution in [2.24, 2.45) is 10.7 Å². The van der Waals surface area contributed by atoms with Gasteiger partial charge in [-0.1, -0.05) is 23.7 Å². The zero-order valence-corrected chi connectivity index (χ0v) is 16.1. The van der Waals surface area contributed by atoms with E-state index in [-0.39, 0.29) is 0 Å². The molecular weight excluding hydrogens is 374 g/mol. The van der Waals surface area contributed by atoms with Crippen LogP contribution in [0.5, 0.6) is 5.75 Å². The van der Waals surface area contributed by atoms with Gasteiger partial charge in [-0.05, 0) is 54.4 Å². The fraction of sp³-hybridized carbons (Fsp3) is 0.143. The van der Waals surface area contributed by atoms with Crippen molar-refractivity contribution in [3.8, 4) is 5.75 Å². The highest BCUT2D eigenvalue weighted by Gasteiger charge is 2.34. The second-order valence-corrected chi connectivity index (χ2v) is 7.09. The monoisotopic (exact) mass is 393 g/mol. The molecule has 5 N–H and O–H groups in total. The number of benzene rings is 2. The molecule has 0 amide bonds. The molecule has 3 aromatic rings. The quantitative estimate of drug-likeness (QED) is 0.585. The number of aliphatic imine (C=N–C) groups is 1. The van der Waals surface area contributed by atoms with E-state index in [1.54, 1.807) is 24.7 Å². The molecule has 1 aliphatic rings. The number of nitrogens with zero attached hydrogens (tertiary/aromatic N) is 2. The number of nitrogens with two attached hydrogens (primary N) is 2. The lowest BCUT2D eigenvalue weighted by Crippen LogP contribution is -2.39. The van der Waals surface area contributed by atoms with Gasteiger partial charge in [0.1, 0.15) is 12.4 Å². The maximum atomic E-state index is 6.71. The molecule has 28 heavy (non-hydrogen) atoms. The fourth-order valence-electron chi connectivity index (χ4n) is 3.21. The van der Waals surface area contributed by atoms with Gasteiger partial charge < -0.3 is 15.8 Å². The third-order valence-corrected chi connectivity index (χ3v) is 5.08. The Labute approximate surface area is 168 Å². The van der Waals surface area contributed by atoms with Crippen molar-refractivity contribution in [2.45, 2.75) is 19.2 Å². The molecular formula is C21H20ClN5O. The number of nitrogens with one attached hydrogen (secondary N) is 1. The van der Waals surface area contributed by atoms with E-state index >= 15 is 0 Å². The first-order valence-electron chi connectivity index (χ1n) is 8.80. The minimum atomic E-state index is -1.07. The number of rotatable bonds is 4. The molecule has 0 aliphatic carbocycles. The highest BCUT2D eigenvalue weighted by molar-refractivity contribution is 6.33. The molecule has 1 atom stereocenters. The van der Waals surface area contributed by atoms with Crippen LogP contribution in [0.25, 0.3) is 0 Å². The molecule has 142 valence electrons. The van der Waals surface area contributed by atoms with Crippen LogP contribution in [-0.2, 0) is 12.3 Å². The molecule has 0 fully saturated rings. The molecule has 0 bridgehead atoms. The molecule has 1 aromatic heterocycles. The average molecular weight is 394 g/mol. The third-order valence-electron chi connectivity index (χ3n) is 4.75. The number of aromatic nitrogens is 1. The molecule has 1 aliphatic heterocycles. The molecule has 6 nitrogen and oxygen atoms in total. The van der Waals surface area contributed by atoms with Gasteiger partial charge in [0.2, 0.25) is 0 Å². The van der Waals surface area contributed by atoms with Gasteiger partial charge in [0.25, 0.3) is 0 Å². The van der Waals surface area contributed by atoms with Crippen molar-refractivity contribution in [2.75, 3.05) is 11.1 Å². The van der Waals surface area contributed by atoms with E-state index in [2.05, 4.69) is 15.3 Å². The first kappa shape index (κ1) is 18.3. The molecule has 2 heterocycles. The van der Waals surface area contributed by atoms with Gasteiger partial charge in [0.05, 0.1) is 22.7 Å². The van der Waals surface area contributed by atoms with Crippen molar-refractivity contribution >= 4 is 29.3 Å². The van der Waals surface area contributed by atoms with E-state index < -0.39 is 5.66 Å². The second kappa shape index (κ2) is 7.14. The van der Waals surface area contributed by atoms with Crippen LogP contribution >= 0.6 is 11.6 Å². The maximum Gasteiger partial charge on any atom is 0.163 e. The lowest BCUT2D eigenvalue weighted by atomic mass is 9.89. The van der Waals surface area contributed by atoms with Crippen LogP contribution in [0.15, 0.2) is 59.7 Å². The zero-order valence-electron chi connectivity index (χ0n) is 15.3. The minimum Gasteiger partial charge on any atom is -0.487 e. The number of ether oxygens (including phenoxy) is 1. The average Bonchev–Trinajstić information content (AvgIpc) is 2.69. The number of fused-ring (bicyclic) bond motifs is 1. The number of hydrogen-bond acceptors (Lipinski definition) is 6. The summed E-state index contributed by atoms with van der Waals surface area (Å²) in [6, 6.07) is 15.1. The maximum absolute atomic E-state index is 6.71. The van der Waals surface area contributed by atoms with Crippen LogP contribution in [0.3, 0.4) is 0 Å². The molecule has 0 saturated heterocycles. The fourth-order valence-corrected chi connectivity index (χ4v) is 3.38. The summed E-state index contributed by atoms with van der Waals surface area (Å²) in [5, 5.41) is 3.55. The minimum absolute atomic E-state index is 0.398. The Hall–Kier alpha value is -3.09. The van der Waals surface area contributed by atoms with E-state index in [1.165, 1.54) is 0 Å². The summed E-state index contributed by atoms with van der Waals surface area (Å²) in [5.41, 5.74) is 16.3. The van der Waals surface area contributed by atoms with E-state index in [0.29, 0.717) is 17.3 Å². The number of halogens is 1. The van der Waals surface area contributed by atoms with Crippen LogP contribution < -0.4 is 21.5 Å². The van der Waals surface area contributed by atoms with Crippen molar-refractivity contribution in [1.82, 2.24) is 4.98 Å². The van der Waals surface area contributed by atoms with Crippen LogP contribution in [0.2, 0.25) is 5.02 Å². The van der Waals surface area contributed by atoms with Crippen LogP contribution in [0, 0.1) is 6.92 Å². The van der Waals surface area contributed by atoms with Gasteiger partial charge in [-0.25, -0.2) is 4.99 Å². The SMILES string of the molecule is Cc1cc(C2(N)N=CNc3cc(Cl)c(N)cc32)ccc1OCc1ccccn1. The van der Waals surface area contributed by atoms with Crippen LogP contribution in [0.4, 0.5) is 11.4 Å². The molecule has 2 aromatic carbocycles. The summed E-state index contributed by atoms with van der Waals surface area (Å²) < 4.78 is 5.91. The van der Waals surface area contributed by atoms with E-state index in [0.717, 1.165) is 33.8 Å². The largest absolute Gasteiger partial charge is 0.487 e. The van der Waals surface area contributed by atoms with Crippen LogP contribution in [0.1, 0.15) is 22.4 Å². The number of hydrogen-bond donors (Lipinski definition) is 3. The van der Waals surface area contributed by atoms with Gasteiger partial charge >= 0.3 is 0 Å². The Morgan fingerprint density at radius 2 is 2.04 bits per heavy atom. The molecule has 4 rings (SSSR count). The Kier molecular flexibility index (Phi) is 4.66. The topological polar surface area (TPSA) is 98.5 Å². The number of anilines is 2. The summed E-state index contributed by atoms with van der Waals surface area (Å²) in [4.78, 5) is 8.77. The molecule has 0 saturated carbocycles. The smallest absolute Gasteiger partial charge is 0.163 e. The van der Waals surface area contributed by atoms with Crippen molar-refractivity contribution in [1.29, 1.82) is 0 Å². The Balaban J connectivity index is 1.65. The molecule has 0 radical (unpaired) electrons. The summed E-state index contributed by atoms with van der Waals surface area (Å²) in [5.74, 6) is 0.770. The first-order valence-corrected chi connectivity index (χ1v) is 9.17. The second-order valence-electron chi connectivity index (χ2n) is 6.68. The zero-order chi connectivity index (χ0) is 19.7. The highest BCUT2D eigenvalue weighted by atomic mass is 35.5. The van der Waals surface area contributed by atoms with E-state index in [1.807, 2.05) is 43.3 Å². The molecule has 1 unspecified atom stereocenters. The Bertz CT molecular complexity index is 1050. The molecule has 7 heteroatoms. The van der Waals surface area contributed by atoms with Crippen molar-refractivity contribution < 1.29 is 4.74 Å². The summed E-state index contributed by atoms with van der Waals surface area (Å²) in [7, 11) is 0. The lowest BCUT2D eigenvalue weighted by molar-refractivity contribution is 0.299. The van der Waals surface area contributed by atoms with Gasteiger partial charge in [-0.3, -0.25) is 10.7 Å². The highest BCUT2D eigenvalue weighted by Crippen LogP contribution is 2.40. The Morgan fingerprint density at radius 3 is 2.79 bits per heavy atom. The third kappa shape index (κ3) is 3.28. The van der Waals surface area contributed by atoms with Gasteiger partial charge in [-0.2, -0.15) is 0 Å². The van der Waals surface area contributed by atoms with Gasteiger partial charge in [-0.15, -0.1) is 0 Å². The Morgan fingerprint density at radius 1 is 1.18 bits per heavy atom. The van der Waals surface area contributed by atoms with Crippen molar-refractivity contribution in [3.63, 3.8) is 0 Å². The first-order chi connectivity index (χ1) is 13.5. The number of pyridine rings is 1. The van der Waals surface area contributed by atoms with Crippen LogP contribution in [-0.4, -0.2) is 11.3 Å². The molecule has 0 spiro atoms. The van der Waals surface area contributed by atoms with Gasteiger partial charge in [0.15, 0.2) is 5.66 Å². The van der Waals surface area contributed by atoms with E-state index in [9.17, 15) is 0 Å². The predicted octanol–water partition coefficient (Wildman–Crippen LogP) is 3.82. The summed E-state index contributed by atoms with van der Waals surface area (Å²) >= 11 is 6.14. The standard InChI is InChI=1S/C21H20ClN5O/c1-13-8-14(5-6-20(13)28-11-15-4-2-3-7-25-15)21(24)16-9-18(23)17(22)10-19(16)26-12-27-21/h2-10,12H,11,23-24H2,1H3,(H,26,27). The summed E-state index contributed by atoms with van der Waals surface area (Å²) in [6.07, 6.45) is 3.33. The number of nitrogen functional groups attached to an aromatic ring is 1. The lowest BCUT2D eigenvalue weighted by Gasteiger charge is -2.32. The van der Waals surface area contributed by atoms with Crippen molar-refractivity contribution in [3.05, 3.63) is 82.1 Å². The predicted molar refractivity (Wildman–Crippen MR) is 113 cm³/mol. The van der Waals surface area contributed by atoms with Gasteiger partial charge in [0, 0.05) is 17.4 Å².